The molecule has 0 aromatic heterocycles. The van der Waals surface area contributed by atoms with Crippen LogP contribution in [0.5, 0.6) is 11.5 Å². The average molecular weight is 258 g/mol. The van der Waals surface area contributed by atoms with Gasteiger partial charge in [-0.3, -0.25) is 0 Å². The van der Waals surface area contributed by atoms with Crippen LogP contribution in [0.1, 0.15) is 30.4 Å². The maximum atomic E-state index is 10.1. The normalized spacial score (nSPS) is 10.8. The summed E-state index contributed by atoms with van der Waals surface area (Å²) in [6, 6.07) is 10.5. The number of anilines is 2. The summed E-state index contributed by atoms with van der Waals surface area (Å²) in [4.78, 5) is 0. The van der Waals surface area contributed by atoms with Crippen LogP contribution in [0.15, 0.2) is 36.4 Å². The summed E-state index contributed by atoms with van der Waals surface area (Å²) in [5, 5.41) is 20.2. The van der Waals surface area contributed by atoms with Crippen LogP contribution in [0.4, 0.5) is 11.4 Å². The number of nitrogen functional groups attached to an aromatic ring is 2. The molecule has 0 heterocycles. The number of hydrogen-bond donors (Lipinski definition) is 4. The topological polar surface area (TPSA) is 92.5 Å². The van der Waals surface area contributed by atoms with Crippen molar-refractivity contribution in [3.8, 4) is 11.5 Å². The number of phenolic OH excluding ortho intramolecular Hbond substituents is 2. The fraction of sp³-hybridized carbons (Fsp3) is 0.200. The molecule has 0 amide bonds. The van der Waals surface area contributed by atoms with E-state index >= 15 is 0 Å². The van der Waals surface area contributed by atoms with Gasteiger partial charge in [-0.1, -0.05) is 31.2 Å². The molecule has 0 atom stereocenters. The van der Waals surface area contributed by atoms with Crippen LogP contribution >= 0.6 is 0 Å². The summed E-state index contributed by atoms with van der Waals surface area (Å²) in [6.45, 7) is 1.98. The Bertz CT molecular complexity index is 545. The molecule has 0 aliphatic rings. The van der Waals surface area contributed by atoms with Gasteiger partial charge in [0.15, 0.2) is 0 Å². The van der Waals surface area contributed by atoms with Crippen molar-refractivity contribution >= 4 is 11.4 Å². The lowest BCUT2D eigenvalue weighted by Gasteiger charge is -2.19. The Morgan fingerprint density at radius 1 is 0.895 bits per heavy atom. The second-order valence-electron chi connectivity index (χ2n) is 4.53. The Labute approximate surface area is 112 Å². The Morgan fingerprint density at radius 3 is 1.68 bits per heavy atom. The largest absolute Gasteiger partial charge is 0.505 e. The van der Waals surface area contributed by atoms with Gasteiger partial charge in [-0.25, -0.2) is 0 Å². The number of hydrogen-bond acceptors (Lipinski definition) is 4. The summed E-state index contributed by atoms with van der Waals surface area (Å²) in [7, 11) is 0. The van der Waals surface area contributed by atoms with Crippen molar-refractivity contribution in [3.05, 3.63) is 47.5 Å². The van der Waals surface area contributed by atoms with Crippen molar-refractivity contribution in [2.45, 2.75) is 19.3 Å². The molecule has 0 unspecified atom stereocenters. The standard InChI is InChI=1S/C15H18N2O2/c1-2-9(10-5-3-7-12(16)14(10)18)11-6-4-8-13(17)15(11)19/h3-9,18-19H,2,16-17H2,1H3. The molecule has 0 saturated carbocycles. The van der Waals surface area contributed by atoms with Crippen LogP contribution in [0.3, 0.4) is 0 Å². The van der Waals surface area contributed by atoms with E-state index in [0.717, 1.165) is 0 Å². The van der Waals surface area contributed by atoms with Crippen molar-refractivity contribution in [1.29, 1.82) is 0 Å². The molecule has 19 heavy (non-hydrogen) atoms. The van der Waals surface area contributed by atoms with E-state index in [4.69, 9.17) is 11.5 Å². The molecule has 4 nitrogen and oxygen atoms in total. The summed E-state index contributed by atoms with van der Waals surface area (Å²) < 4.78 is 0. The Balaban J connectivity index is 2.57. The molecule has 0 aliphatic heterocycles. The first-order chi connectivity index (χ1) is 9.06. The van der Waals surface area contributed by atoms with E-state index in [-0.39, 0.29) is 17.4 Å². The van der Waals surface area contributed by atoms with Gasteiger partial charge in [0.05, 0.1) is 11.4 Å². The molecule has 0 saturated heterocycles. The molecule has 0 fully saturated rings. The third kappa shape index (κ3) is 2.29. The number of rotatable bonds is 3. The van der Waals surface area contributed by atoms with E-state index in [0.29, 0.717) is 28.9 Å². The van der Waals surface area contributed by atoms with Gasteiger partial charge in [0.2, 0.25) is 0 Å². The maximum Gasteiger partial charge on any atom is 0.142 e. The average Bonchev–Trinajstić information content (AvgIpc) is 2.40. The van der Waals surface area contributed by atoms with Gasteiger partial charge in [-0.05, 0) is 18.6 Å². The molecule has 0 radical (unpaired) electrons. The zero-order valence-electron chi connectivity index (χ0n) is 10.8. The van der Waals surface area contributed by atoms with Gasteiger partial charge in [0.25, 0.3) is 0 Å². The van der Waals surface area contributed by atoms with Gasteiger partial charge in [-0.2, -0.15) is 0 Å². The molecule has 2 aromatic rings. The molecule has 4 heteroatoms. The van der Waals surface area contributed by atoms with Crippen molar-refractivity contribution < 1.29 is 10.2 Å². The van der Waals surface area contributed by atoms with Gasteiger partial charge < -0.3 is 21.7 Å². The smallest absolute Gasteiger partial charge is 0.142 e. The van der Waals surface area contributed by atoms with Gasteiger partial charge >= 0.3 is 0 Å². The minimum Gasteiger partial charge on any atom is -0.505 e. The van der Waals surface area contributed by atoms with Crippen LogP contribution in [0, 0.1) is 0 Å². The molecular formula is C15H18N2O2. The van der Waals surface area contributed by atoms with Gasteiger partial charge in [0, 0.05) is 17.0 Å². The highest BCUT2D eigenvalue weighted by molar-refractivity contribution is 5.62. The lowest BCUT2D eigenvalue weighted by Crippen LogP contribution is -2.03. The predicted molar refractivity (Wildman–Crippen MR) is 77.2 cm³/mol. The van der Waals surface area contributed by atoms with E-state index in [2.05, 4.69) is 0 Å². The quantitative estimate of drug-likeness (QED) is 0.503. The molecule has 2 rings (SSSR count). The van der Waals surface area contributed by atoms with Crippen molar-refractivity contribution in [1.82, 2.24) is 0 Å². The van der Waals surface area contributed by atoms with E-state index in [1.165, 1.54) is 0 Å². The van der Waals surface area contributed by atoms with Crippen LogP contribution in [-0.2, 0) is 0 Å². The second-order valence-corrected chi connectivity index (χ2v) is 4.53. The SMILES string of the molecule is CCC(c1cccc(N)c1O)c1cccc(N)c1O. The van der Waals surface area contributed by atoms with Crippen molar-refractivity contribution in [2.24, 2.45) is 0 Å². The highest BCUT2D eigenvalue weighted by atomic mass is 16.3. The van der Waals surface area contributed by atoms with Crippen molar-refractivity contribution in [2.75, 3.05) is 11.5 Å². The molecule has 2 aromatic carbocycles. The lowest BCUT2D eigenvalue weighted by molar-refractivity contribution is 0.455. The van der Waals surface area contributed by atoms with Crippen LogP contribution in [0.25, 0.3) is 0 Å². The predicted octanol–water partition coefficient (Wildman–Crippen LogP) is 2.80. The number of aromatic hydroxyl groups is 2. The first kappa shape index (κ1) is 13.1. The number of para-hydroxylation sites is 2. The van der Waals surface area contributed by atoms with E-state index in [1.54, 1.807) is 24.3 Å². The Kier molecular flexibility index (Phi) is 3.51. The lowest BCUT2D eigenvalue weighted by atomic mass is 9.87. The second kappa shape index (κ2) is 5.10. The van der Waals surface area contributed by atoms with Crippen LogP contribution < -0.4 is 11.5 Å². The van der Waals surface area contributed by atoms with E-state index < -0.39 is 0 Å². The monoisotopic (exact) mass is 258 g/mol. The highest BCUT2D eigenvalue weighted by Crippen LogP contribution is 2.41. The number of benzene rings is 2. The third-order valence-electron chi connectivity index (χ3n) is 3.36. The first-order valence-electron chi connectivity index (χ1n) is 6.21. The Morgan fingerprint density at radius 2 is 1.32 bits per heavy atom. The number of nitrogens with two attached hydrogens (primary N) is 2. The van der Waals surface area contributed by atoms with Crippen LogP contribution in [-0.4, -0.2) is 10.2 Å². The molecule has 0 aliphatic carbocycles. The molecule has 0 bridgehead atoms. The summed E-state index contributed by atoms with van der Waals surface area (Å²) >= 11 is 0. The fourth-order valence-corrected chi connectivity index (χ4v) is 2.33. The minimum atomic E-state index is -0.146. The maximum absolute atomic E-state index is 10.1. The van der Waals surface area contributed by atoms with Gasteiger partial charge in [-0.15, -0.1) is 0 Å². The van der Waals surface area contributed by atoms with E-state index in [1.807, 2.05) is 19.1 Å². The summed E-state index contributed by atoms with van der Waals surface area (Å²) in [6.07, 6.45) is 0.716. The molecule has 6 N–H and O–H groups in total. The highest BCUT2D eigenvalue weighted by Gasteiger charge is 2.20. The summed E-state index contributed by atoms with van der Waals surface area (Å²) in [5.41, 5.74) is 13.5. The third-order valence-corrected chi connectivity index (χ3v) is 3.36. The molecule has 100 valence electrons. The molecule has 0 spiro atoms. The summed E-state index contributed by atoms with van der Waals surface area (Å²) in [5.74, 6) is -0.0145. The Hall–Kier alpha value is -2.36. The van der Waals surface area contributed by atoms with E-state index in [9.17, 15) is 10.2 Å². The van der Waals surface area contributed by atoms with Gasteiger partial charge in [0.1, 0.15) is 11.5 Å². The first-order valence-corrected chi connectivity index (χ1v) is 6.21. The fourth-order valence-electron chi connectivity index (χ4n) is 2.33. The molecular weight excluding hydrogens is 240 g/mol. The zero-order valence-corrected chi connectivity index (χ0v) is 10.8. The number of phenols is 2. The van der Waals surface area contributed by atoms with Crippen molar-refractivity contribution in [3.63, 3.8) is 0 Å². The zero-order chi connectivity index (χ0) is 14.0. The van der Waals surface area contributed by atoms with Crippen LogP contribution in [0.2, 0.25) is 0 Å². The minimum absolute atomic E-state index is 0.0659.